The number of likely N-dealkylation sites (N-methyl/N-ethyl adjacent to an activating group) is 1. The lowest BCUT2D eigenvalue weighted by Gasteiger charge is -2.48. The first-order valence-electron chi connectivity index (χ1n) is 5.50. The van der Waals surface area contributed by atoms with Crippen molar-refractivity contribution < 1.29 is 4.74 Å². The molecule has 0 radical (unpaired) electrons. The van der Waals surface area contributed by atoms with E-state index in [4.69, 9.17) is 4.74 Å². The Kier molecular flexibility index (Phi) is 4.14. The average molecular weight is 197 g/mol. The summed E-state index contributed by atoms with van der Waals surface area (Å²) in [6.07, 6.45) is 5.91. The van der Waals surface area contributed by atoms with Crippen LogP contribution in [-0.4, -0.2) is 37.7 Å². The van der Waals surface area contributed by atoms with Crippen molar-refractivity contribution >= 4 is 0 Å². The number of rotatable bonds is 4. The van der Waals surface area contributed by atoms with Gasteiger partial charge >= 0.3 is 0 Å². The van der Waals surface area contributed by atoms with E-state index in [1.165, 1.54) is 25.8 Å². The van der Waals surface area contributed by atoms with Crippen LogP contribution in [0.25, 0.3) is 0 Å². The zero-order chi connectivity index (χ0) is 10.6. The molecule has 1 rings (SSSR count). The van der Waals surface area contributed by atoms with Gasteiger partial charge in [-0.15, -0.1) is 6.58 Å². The topological polar surface area (TPSA) is 12.5 Å². The SMILES string of the molecule is C=C[C@H](C)[C@]1(COC)CCCCN1C. The molecule has 0 spiro atoms. The van der Waals surface area contributed by atoms with Gasteiger partial charge in [0.05, 0.1) is 6.61 Å². The molecule has 1 saturated heterocycles. The van der Waals surface area contributed by atoms with Crippen molar-refractivity contribution in [1.29, 1.82) is 0 Å². The Balaban J connectivity index is 2.82. The van der Waals surface area contributed by atoms with Crippen LogP contribution < -0.4 is 0 Å². The van der Waals surface area contributed by atoms with Crippen LogP contribution in [0.4, 0.5) is 0 Å². The molecule has 0 N–H and O–H groups in total. The Bertz CT molecular complexity index is 189. The second-order valence-electron chi connectivity index (χ2n) is 4.44. The van der Waals surface area contributed by atoms with E-state index in [-0.39, 0.29) is 5.54 Å². The summed E-state index contributed by atoms with van der Waals surface area (Å²) < 4.78 is 5.39. The Labute approximate surface area is 87.9 Å². The highest BCUT2D eigenvalue weighted by molar-refractivity contribution is 5.02. The molecular weight excluding hydrogens is 174 g/mol. The first kappa shape index (κ1) is 11.7. The van der Waals surface area contributed by atoms with Crippen molar-refractivity contribution in [3.05, 3.63) is 12.7 Å². The predicted octanol–water partition coefficient (Wildman–Crippen LogP) is 2.31. The molecule has 0 saturated carbocycles. The van der Waals surface area contributed by atoms with Crippen molar-refractivity contribution in [2.45, 2.75) is 31.7 Å². The maximum atomic E-state index is 5.39. The summed E-state index contributed by atoms with van der Waals surface area (Å²) in [5.74, 6) is 0.493. The molecule has 2 atom stereocenters. The summed E-state index contributed by atoms with van der Waals surface area (Å²) in [7, 11) is 4.00. The molecule has 82 valence electrons. The zero-order valence-corrected chi connectivity index (χ0v) is 9.75. The van der Waals surface area contributed by atoms with Gasteiger partial charge in [-0.25, -0.2) is 0 Å². The highest BCUT2D eigenvalue weighted by Crippen LogP contribution is 2.34. The molecule has 0 aromatic carbocycles. The Morgan fingerprint density at radius 2 is 2.29 bits per heavy atom. The van der Waals surface area contributed by atoms with E-state index in [1.54, 1.807) is 7.11 Å². The van der Waals surface area contributed by atoms with E-state index in [1.807, 2.05) is 0 Å². The first-order valence-corrected chi connectivity index (χ1v) is 5.50. The minimum atomic E-state index is 0.189. The first-order chi connectivity index (χ1) is 6.67. The summed E-state index contributed by atoms with van der Waals surface area (Å²) in [4.78, 5) is 2.45. The molecule has 0 unspecified atom stereocenters. The van der Waals surface area contributed by atoms with Crippen LogP contribution in [0.1, 0.15) is 26.2 Å². The number of hydrogen-bond donors (Lipinski definition) is 0. The number of piperidine rings is 1. The fourth-order valence-corrected chi connectivity index (χ4v) is 2.55. The molecule has 0 aromatic rings. The maximum absolute atomic E-state index is 5.39. The third-order valence-electron chi connectivity index (χ3n) is 3.71. The maximum Gasteiger partial charge on any atom is 0.0652 e. The van der Waals surface area contributed by atoms with Gasteiger partial charge in [-0.2, -0.15) is 0 Å². The van der Waals surface area contributed by atoms with E-state index < -0.39 is 0 Å². The fourth-order valence-electron chi connectivity index (χ4n) is 2.55. The van der Waals surface area contributed by atoms with Gasteiger partial charge in [-0.1, -0.05) is 19.4 Å². The molecule has 2 heteroatoms. The lowest BCUT2D eigenvalue weighted by atomic mass is 9.77. The zero-order valence-electron chi connectivity index (χ0n) is 9.75. The lowest BCUT2D eigenvalue weighted by molar-refractivity contribution is -0.0243. The average Bonchev–Trinajstić information content (AvgIpc) is 2.20. The van der Waals surface area contributed by atoms with E-state index in [2.05, 4.69) is 31.5 Å². The highest BCUT2D eigenvalue weighted by Gasteiger charge is 2.40. The molecule has 0 amide bonds. The summed E-state index contributed by atoms with van der Waals surface area (Å²) in [5, 5.41) is 0. The van der Waals surface area contributed by atoms with Crippen LogP contribution in [0, 0.1) is 5.92 Å². The highest BCUT2D eigenvalue weighted by atomic mass is 16.5. The second kappa shape index (κ2) is 4.94. The Morgan fingerprint density at radius 1 is 1.57 bits per heavy atom. The number of nitrogens with zero attached hydrogens (tertiary/aromatic N) is 1. The lowest BCUT2D eigenvalue weighted by Crippen LogP contribution is -2.56. The monoisotopic (exact) mass is 197 g/mol. The van der Waals surface area contributed by atoms with Crippen LogP contribution in [-0.2, 0) is 4.74 Å². The Morgan fingerprint density at radius 3 is 2.79 bits per heavy atom. The van der Waals surface area contributed by atoms with Gasteiger partial charge in [0.1, 0.15) is 0 Å². The third kappa shape index (κ3) is 2.01. The molecule has 1 heterocycles. The van der Waals surface area contributed by atoms with Crippen LogP contribution in [0.5, 0.6) is 0 Å². The molecule has 14 heavy (non-hydrogen) atoms. The molecule has 0 aliphatic carbocycles. The summed E-state index contributed by atoms with van der Waals surface area (Å²) in [6, 6.07) is 0. The number of likely N-dealkylation sites (tertiary alicyclic amines) is 1. The van der Waals surface area contributed by atoms with E-state index >= 15 is 0 Å². The van der Waals surface area contributed by atoms with Crippen LogP contribution in [0.15, 0.2) is 12.7 Å². The predicted molar refractivity (Wildman–Crippen MR) is 60.4 cm³/mol. The van der Waals surface area contributed by atoms with Crippen LogP contribution in [0.3, 0.4) is 0 Å². The molecule has 2 nitrogen and oxygen atoms in total. The van der Waals surface area contributed by atoms with Gasteiger partial charge in [-0.05, 0) is 32.4 Å². The molecule has 1 aliphatic heterocycles. The largest absolute Gasteiger partial charge is 0.383 e. The fraction of sp³-hybridized carbons (Fsp3) is 0.833. The Hall–Kier alpha value is -0.340. The van der Waals surface area contributed by atoms with E-state index in [9.17, 15) is 0 Å². The van der Waals surface area contributed by atoms with Crippen LogP contribution in [0.2, 0.25) is 0 Å². The molecule has 0 bridgehead atoms. The van der Waals surface area contributed by atoms with Gasteiger partial charge in [-0.3, -0.25) is 4.90 Å². The van der Waals surface area contributed by atoms with Gasteiger partial charge in [0, 0.05) is 12.6 Å². The van der Waals surface area contributed by atoms with Gasteiger partial charge in [0.2, 0.25) is 0 Å². The van der Waals surface area contributed by atoms with E-state index in [0.29, 0.717) is 5.92 Å². The molecular formula is C12H23NO. The van der Waals surface area contributed by atoms with Crippen molar-refractivity contribution in [2.24, 2.45) is 5.92 Å². The molecule has 1 aliphatic rings. The standard InChI is InChI=1S/C12H23NO/c1-5-11(2)12(10-14-4)8-6-7-9-13(12)3/h5,11H,1,6-10H2,2-4H3/t11-,12+/m0/s1. The minimum Gasteiger partial charge on any atom is -0.383 e. The molecule has 1 fully saturated rings. The minimum absolute atomic E-state index is 0.189. The van der Waals surface area contributed by atoms with Gasteiger partial charge in [0.25, 0.3) is 0 Å². The van der Waals surface area contributed by atoms with Crippen molar-refractivity contribution in [1.82, 2.24) is 4.90 Å². The summed E-state index contributed by atoms with van der Waals surface area (Å²) in [6.45, 7) is 8.16. The second-order valence-corrected chi connectivity index (χ2v) is 4.44. The van der Waals surface area contributed by atoms with Gasteiger partial charge < -0.3 is 4.74 Å². The number of hydrogen-bond acceptors (Lipinski definition) is 2. The smallest absolute Gasteiger partial charge is 0.0652 e. The normalized spacial score (nSPS) is 31.4. The summed E-state index contributed by atoms with van der Waals surface area (Å²) >= 11 is 0. The van der Waals surface area contributed by atoms with Crippen molar-refractivity contribution in [2.75, 3.05) is 27.3 Å². The number of ether oxygens (including phenoxy) is 1. The van der Waals surface area contributed by atoms with E-state index in [0.717, 1.165) is 6.61 Å². The van der Waals surface area contributed by atoms with Gasteiger partial charge in [0.15, 0.2) is 0 Å². The summed E-state index contributed by atoms with van der Waals surface area (Å²) in [5.41, 5.74) is 0.189. The quantitative estimate of drug-likeness (QED) is 0.641. The van der Waals surface area contributed by atoms with Crippen molar-refractivity contribution in [3.63, 3.8) is 0 Å². The van der Waals surface area contributed by atoms with Crippen LogP contribution >= 0.6 is 0 Å². The van der Waals surface area contributed by atoms with Crippen molar-refractivity contribution in [3.8, 4) is 0 Å². The molecule has 0 aromatic heterocycles. The number of methoxy groups -OCH3 is 1. The third-order valence-corrected chi connectivity index (χ3v) is 3.71.